The van der Waals surface area contributed by atoms with E-state index in [1.807, 2.05) is 71.9 Å². The van der Waals surface area contributed by atoms with E-state index < -0.39 is 34.0 Å². The Morgan fingerprint density at radius 1 is 1.03 bits per heavy atom. The van der Waals surface area contributed by atoms with Crippen LogP contribution in [0.2, 0.25) is 0 Å². The molecular weight excluding hydrogens is 382 g/mol. The van der Waals surface area contributed by atoms with Crippen molar-refractivity contribution >= 4 is 17.6 Å². The Morgan fingerprint density at radius 2 is 1.63 bits per heavy atom. The fourth-order valence-electron chi connectivity index (χ4n) is 4.87. The van der Waals surface area contributed by atoms with Gasteiger partial charge in [0.15, 0.2) is 5.41 Å². The summed E-state index contributed by atoms with van der Waals surface area (Å²) in [7, 11) is 0. The lowest BCUT2D eigenvalue weighted by molar-refractivity contribution is -0.185. The van der Waals surface area contributed by atoms with Crippen molar-refractivity contribution in [1.82, 2.24) is 0 Å². The van der Waals surface area contributed by atoms with Crippen molar-refractivity contribution in [2.75, 3.05) is 11.9 Å². The number of para-hydroxylation sites is 1. The molecule has 1 N–H and O–H groups in total. The second kappa shape index (κ2) is 6.58. The second-order valence-electron chi connectivity index (χ2n) is 10.5. The highest BCUT2D eigenvalue weighted by atomic mass is 16.6. The molecule has 2 atom stereocenters. The molecule has 4 rings (SSSR count). The molecule has 0 amide bonds. The van der Waals surface area contributed by atoms with Crippen molar-refractivity contribution in [3.63, 3.8) is 0 Å². The summed E-state index contributed by atoms with van der Waals surface area (Å²) in [6.07, 6.45) is 2.20. The fourth-order valence-corrected chi connectivity index (χ4v) is 4.87. The van der Waals surface area contributed by atoms with Crippen LogP contribution < -0.4 is 5.32 Å². The van der Waals surface area contributed by atoms with Crippen LogP contribution in [0, 0.1) is 5.41 Å². The third-order valence-electron chi connectivity index (χ3n) is 5.96. The molecule has 1 aromatic rings. The van der Waals surface area contributed by atoms with Gasteiger partial charge in [-0.2, -0.15) is 0 Å². The number of carbonyl (C=O) groups excluding carboxylic acids is 2. The quantitative estimate of drug-likeness (QED) is 0.447. The summed E-state index contributed by atoms with van der Waals surface area (Å²) in [5.41, 5.74) is -0.385. The second-order valence-corrected chi connectivity index (χ2v) is 10.5. The average molecular weight is 414 g/mol. The van der Waals surface area contributed by atoms with Gasteiger partial charge in [-0.3, -0.25) is 9.59 Å². The predicted octanol–water partition coefficient (Wildman–Crippen LogP) is 4.10. The SMILES string of the molecule is CC(C)(C)OC(=O)C1(C(=O)OC(C)(C)C)CC2=CCO[C@H]3Nc4ccccc4[C@@]23C1. The minimum absolute atomic E-state index is 0.254. The van der Waals surface area contributed by atoms with Crippen LogP contribution in [0.25, 0.3) is 0 Å². The highest BCUT2D eigenvalue weighted by Gasteiger charge is 2.67. The first-order chi connectivity index (χ1) is 13.9. The Bertz CT molecular complexity index is 892. The zero-order valence-corrected chi connectivity index (χ0v) is 18.6. The van der Waals surface area contributed by atoms with Crippen LogP contribution in [0.4, 0.5) is 5.69 Å². The highest BCUT2D eigenvalue weighted by Crippen LogP contribution is 2.62. The van der Waals surface area contributed by atoms with Crippen LogP contribution in [0.5, 0.6) is 0 Å². The maximum atomic E-state index is 13.5. The van der Waals surface area contributed by atoms with Gasteiger partial charge < -0.3 is 19.5 Å². The summed E-state index contributed by atoms with van der Waals surface area (Å²) in [6, 6.07) is 7.99. The van der Waals surface area contributed by atoms with E-state index in [2.05, 4.69) is 5.32 Å². The third kappa shape index (κ3) is 3.22. The molecule has 0 unspecified atom stereocenters. The van der Waals surface area contributed by atoms with Crippen LogP contribution >= 0.6 is 0 Å². The zero-order chi connectivity index (χ0) is 21.9. The van der Waals surface area contributed by atoms with Gasteiger partial charge in [0.2, 0.25) is 0 Å². The molecule has 6 nitrogen and oxygen atoms in total. The molecule has 0 aromatic heterocycles. The first kappa shape index (κ1) is 20.9. The van der Waals surface area contributed by atoms with Crippen molar-refractivity contribution in [3.05, 3.63) is 41.5 Å². The maximum absolute atomic E-state index is 13.5. The lowest BCUT2D eigenvalue weighted by Crippen LogP contribution is -2.48. The number of anilines is 1. The van der Waals surface area contributed by atoms with Crippen molar-refractivity contribution < 1.29 is 23.8 Å². The van der Waals surface area contributed by atoms with E-state index in [9.17, 15) is 9.59 Å². The molecule has 1 aromatic carbocycles. The monoisotopic (exact) mass is 413 g/mol. The van der Waals surface area contributed by atoms with Crippen molar-refractivity contribution in [3.8, 4) is 0 Å². The molecule has 0 saturated heterocycles. The van der Waals surface area contributed by atoms with E-state index >= 15 is 0 Å². The van der Waals surface area contributed by atoms with Gasteiger partial charge >= 0.3 is 11.9 Å². The Kier molecular flexibility index (Phi) is 4.59. The summed E-state index contributed by atoms with van der Waals surface area (Å²) in [5.74, 6) is -1.06. The molecular formula is C24H31NO5. The Morgan fingerprint density at radius 3 is 2.23 bits per heavy atom. The fraction of sp³-hybridized carbons (Fsp3) is 0.583. The average Bonchev–Trinajstić information content (AvgIpc) is 3.13. The van der Waals surface area contributed by atoms with E-state index in [-0.39, 0.29) is 19.1 Å². The smallest absolute Gasteiger partial charge is 0.324 e. The summed E-state index contributed by atoms with van der Waals surface area (Å²) >= 11 is 0. The van der Waals surface area contributed by atoms with E-state index in [1.54, 1.807) is 0 Å². The van der Waals surface area contributed by atoms with Gasteiger partial charge in [0, 0.05) is 5.69 Å². The van der Waals surface area contributed by atoms with Crippen molar-refractivity contribution in [2.24, 2.45) is 5.41 Å². The number of benzene rings is 1. The molecule has 6 heteroatoms. The molecule has 1 saturated carbocycles. The Balaban J connectivity index is 1.83. The summed E-state index contributed by atoms with van der Waals surface area (Å²) in [6.45, 7) is 11.3. The van der Waals surface area contributed by atoms with Gasteiger partial charge in [-0.05, 0) is 66.0 Å². The normalized spacial score (nSPS) is 26.6. The van der Waals surface area contributed by atoms with Gasteiger partial charge in [0.25, 0.3) is 0 Å². The lowest BCUT2D eigenvalue weighted by Gasteiger charge is -2.37. The highest BCUT2D eigenvalue weighted by molar-refractivity contribution is 6.02. The molecule has 1 fully saturated rings. The minimum atomic E-state index is -1.42. The molecule has 0 radical (unpaired) electrons. The summed E-state index contributed by atoms with van der Waals surface area (Å²) < 4.78 is 17.6. The summed E-state index contributed by atoms with van der Waals surface area (Å²) in [4.78, 5) is 27.1. The third-order valence-corrected chi connectivity index (χ3v) is 5.96. The van der Waals surface area contributed by atoms with E-state index in [1.165, 1.54) is 0 Å². The van der Waals surface area contributed by atoms with Crippen molar-refractivity contribution in [2.45, 2.75) is 77.2 Å². The maximum Gasteiger partial charge on any atom is 0.324 e. The number of hydrogen-bond acceptors (Lipinski definition) is 6. The van der Waals surface area contributed by atoms with Crippen LogP contribution in [-0.4, -0.2) is 36.0 Å². The van der Waals surface area contributed by atoms with Gasteiger partial charge in [-0.1, -0.05) is 29.8 Å². The molecule has 2 aliphatic heterocycles. The molecule has 1 aliphatic carbocycles. The van der Waals surface area contributed by atoms with E-state index in [0.717, 1.165) is 16.8 Å². The van der Waals surface area contributed by atoms with Gasteiger partial charge in [0.1, 0.15) is 17.4 Å². The molecule has 0 bridgehead atoms. The standard InChI is InChI=1S/C24H31NO5/c1-21(2,3)29-19(26)23(20(27)30-22(4,5)6)13-15-11-12-28-18-24(15,14-23)16-9-7-8-10-17(16)25-18/h7-11,18,25H,12-14H2,1-6H3/t18-,24-/m1/s1. The molecule has 30 heavy (non-hydrogen) atoms. The molecule has 1 spiro atoms. The van der Waals surface area contributed by atoms with Gasteiger partial charge in [-0.25, -0.2) is 0 Å². The largest absolute Gasteiger partial charge is 0.459 e. The van der Waals surface area contributed by atoms with E-state index in [0.29, 0.717) is 6.61 Å². The van der Waals surface area contributed by atoms with Crippen LogP contribution in [-0.2, 0) is 29.2 Å². The first-order valence-electron chi connectivity index (χ1n) is 10.5. The van der Waals surface area contributed by atoms with Gasteiger partial charge in [0.05, 0.1) is 12.0 Å². The summed E-state index contributed by atoms with van der Waals surface area (Å²) in [5, 5.41) is 3.44. The van der Waals surface area contributed by atoms with Crippen LogP contribution in [0.15, 0.2) is 35.9 Å². The number of hydrogen-bond donors (Lipinski definition) is 1. The number of esters is 2. The Labute approximate surface area is 178 Å². The molecule has 162 valence electrons. The molecule has 2 heterocycles. The molecule has 3 aliphatic rings. The topological polar surface area (TPSA) is 73.9 Å². The Hall–Kier alpha value is -2.34. The number of fused-ring (bicyclic) bond motifs is 1. The lowest BCUT2D eigenvalue weighted by atomic mass is 9.72. The van der Waals surface area contributed by atoms with Crippen molar-refractivity contribution in [1.29, 1.82) is 0 Å². The minimum Gasteiger partial charge on any atom is -0.459 e. The van der Waals surface area contributed by atoms with Gasteiger partial charge in [-0.15, -0.1) is 0 Å². The van der Waals surface area contributed by atoms with E-state index in [4.69, 9.17) is 14.2 Å². The number of ether oxygens (including phenoxy) is 3. The number of nitrogens with one attached hydrogen (secondary N) is 1. The predicted molar refractivity (Wildman–Crippen MR) is 113 cm³/mol. The number of rotatable bonds is 2. The zero-order valence-electron chi connectivity index (χ0n) is 18.6. The van der Waals surface area contributed by atoms with Crippen LogP contribution in [0.3, 0.4) is 0 Å². The first-order valence-corrected chi connectivity index (χ1v) is 10.5. The van der Waals surface area contributed by atoms with Crippen LogP contribution in [0.1, 0.15) is 59.9 Å². The number of carbonyl (C=O) groups is 2.